The molecule has 1 N–H and O–H groups in total. The summed E-state index contributed by atoms with van der Waals surface area (Å²) in [6.45, 7) is 7.00. The van der Waals surface area contributed by atoms with Crippen LogP contribution in [0.4, 0.5) is 10.5 Å². The molecule has 1 saturated heterocycles. The molecular weight excluding hydrogens is 362 g/mol. The summed E-state index contributed by atoms with van der Waals surface area (Å²) in [7, 11) is 0. The maximum atomic E-state index is 12.1. The van der Waals surface area contributed by atoms with E-state index in [1.807, 2.05) is 30.0 Å². The van der Waals surface area contributed by atoms with Crippen LogP contribution in [-0.4, -0.2) is 61.1 Å². The van der Waals surface area contributed by atoms with Gasteiger partial charge in [0.25, 0.3) is 0 Å². The molecule has 7 heteroatoms. The van der Waals surface area contributed by atoms with Gasteiger partial charge in [0.1, 0.15) is 0 Å². The van der Waals surface area contributed by atoms with Crippen LogP contribution < -0.4 is 5.32 Å². The standard InChI is InChI=1S/C16H22BrN3O3/c1-3-23-16(22)20-8-6-19(7-9-20)11-15(21)18-13-4-5-14(17)12(2)10-13/h4-5,10H,3,6-9,11H2,1-2H3,(H,18,21). The second kappa shape index (κ2) is 8.31. The van der Waals surface area contributed by atoms with E-state index in [2.05, 4.69) is 21.2 Å². The van der Waals surface area contributed by atoms with Crippen LogP contribution in [0.25, 0.3) is 0 Å². The number of carbonyl (C=O) groups excluding carboxylic acids is 2. The molecule has 0 radical (unpaired) electrons. The molecule has 0 spiro atoms. The van der Waals surface area contributed by atoms with Crippen molar-refractivity contribution in [1.29, 1.82) is 0 Å². The predicted octanol–water partition coefficient (Wildman–Crippen LogP) is 2.47. The van der Waals surface area contributed by atoms with Gasteiger partial charge < -0.3 is 15.0 Å². The van der Waals surface area contributed by atoms with E-state index in [9.17, 15) is 9.59 Å². The van der Waals surface area contributed by atoms with Gasteiger partial charge in [0.2, 0.25) is 5.91 Å². The van der Waals surface area contributed by atoms with Crippen LogP contribution in [0.2, 0.25) is 0 Å². The first-order valence-electron chi connectivity index (χ1n) is 7.69. The van der Waals surface area contributed by atoms with E-state index in [-0.39, 0.29) is 12.0 Å². The summed E-state index contributed by atoms with van der Waals surface area (Å²) in [6, 6.07) is 5.72. The van der Waals surface area contributed by atoms with E-state index in [0.29, 0.717) is 39.3 Å². The second-order valence-electron chi connectivity index (χ2n) is 5.47. The van der Waals surface area contributed by atoms with Crippen molar-refractivity contribution in [3.8, 4) is 0 Å². The predicted molar refractivity (Wildman–Crippen MR) is 92.5 cm³/mol. The fourth-order valence-electron chi connectivity index (χ4n) is 2.43. The smallest absolute Gasteiger partial charge is 0.409 e. The average molecular weight is 384 g/mol. The van der Waals surface area contributed by atoms with Gasteiger partial charge in [-0.05, 0) is 37.6 Å². The third kappa shape index (κ3) is 5.21. The maximum absolute atomic E-state index is 12.1. The molecule has 23 heavy (non-hydrogen) atoms. The Bertz CT molecular complexity index is 572. The number of nitrogens with one attached hydrogen (secondary N) is 1. The normalized spacial score (nSPS) is 15.3. The van der Waals surface area contributed by atoms with Crippen LogP contribution in [-0.2, 0) is 9.53 Å². The Labute approximate surface area is 144 Å². The zero-order chi connectivity index (χ0) is 16.8. The summed E-state index contributed by atoms with van der Waals surface area (Å²) in [6.07, 6.45) is -0.276. The molecule has 0 atom stereocenters. The van der Waals surface area contributed by atoms with Gasteiger partial charge in [-0.25, -0.2) is 4.79 Å². The van der Waals surface area contributed by atoms with Crippen molar-refractivity contribution in [2.75, 3.05) is 44.6 Å². The molecular formula is C16H22BrN3O3. The molecule has 1 aliphatic heterocycles. The quantitative estimate of drug-likeness (QED) is 0.867. The van der Waals surface area contributed by atoms with Crippen molar-refractivity contribution < 1.29 is 14.3 Å². The molecule has 1 fully saturated rings. The molecule has 0 saturated carbocycles. The lowest BCUT2D eigenvalue weighted by atomic mass is 10.2. The van der Waals surface area contributed by atoms with E-state index < -0.39 is 0 Å². The molecule has 1 aliphatic rings. The minimum atomic E-state index is -0.276. The number of ether oxygens (including phenoxy) is 1. The molecule has 1 heterocycles. The molecule has 0 aromatic heterocycles. The lowest BCUT2D eigenvalue weighted by molar-refractivity contribution is -0.117. The van der Waals surface area contributed by atoms with Crippen molar-refractivity contribution in [2.45, 2.75) is 13.8 Å². The number of anilines is 1. The van der Waals surface area contributed by atoms with Gasteiger partial charge in [0, 0.05) is 36.3 Å². The minimum absolute atomic E-state index is 0.0451. The lowest BCUT2D eigenvalue weighted by Crippen LogP contribution is -2.50. The Morgan fingerprint density at radius 2 is 1.96 bits per heavy atom. The Morgan fingerprint density at radius 1 is 1.26 bits per heavy atom. The van der Waals surface area contributed by atoms with Gasteiger partial charge in [0.15, 0.2) is 0 Å². The van der Waals surface area contributed by atoms with Crippen molar-refractivity contribution in [1.82, 2.24) is 9.80 Å². The molecule has 2 amide bonds. The molecule has 6 nitrogen and oxygen atoms in total. The minimum Gasteiger partial charge on any atom is -0.450 e. The van der Waals surface area contributed by atoms with Gasteiger partial charge in [-0.3, -0.25) is 9.69 Å². The second-order valence-corrected chi connectivity index (χ2v) is 6.33. The summed E-state index contributed by atoms with van der Waals surface area (Å²) >= 11 is 3.44. The third-order valence-corrected chi connectivity index (χ3v) is 4.60. The highest BCUT2D eigenvalue weighted by Gasteiger charge is 2.23. The van der Waals surface area contributed by atoms with Crippen LogP contribution in [0.5, 0.6) is 0 Å². The van der Waals surface area contributed by atoms with Crippen LogP contribution in [0.3, 0.4) is 0 Å². The molecule has 1 aromatic carbocycles. The van der Waals surface area contributed by atoms with Crippen molar-refractivity contribution in [3.05, 3.63) is 28.2 Å². The largest absolute Gasteiger partial charge is 0.450 e. The summed E-state index contributed by atoms with van der Waals surface area (Å²) in [5.41, 5.74) is 1.87. The van der Waals surface area contributed by atoms with Crippen molar-refractivity contribution >= 4 is 33.6 Å². The van der Waals surface area contributed by atoms with Crippen LogP contribution in [0.15, 0.2) is 22.7 Å². The lowest BCUT2D eigenvalue weighted by Gasteiger charge is -2.33. The number of nitrogens with zero attached hydrogens (tertiary/aromatic N) is 2. The highest BCUT2D eigenvalue weighted by molar-refractivity contribution is 9.10. The maximum Gasteiger partial charge on any atom is 0.409 e. The van der Waals surface area contributed by atoms with Gasteiger partial charge in [-0.1, -0.05) is 15.9 Å². The zero-order valence-corrected chi connectivity index (χ0v) is 15.1. The topological polar surface area (TPSA) is 61.9 Å². The number of halogens is 1. The number of benzene rings is 1. The molecule has 2 rings (SSSR count). The monoisotopic (exact) mass is 383 g/mol. The van der Waals surface area contributed by atoms with Crippen LogP contribution in [0.1, 0.15) is 12.5 Å². The highest BCUT2D eigenvalue weighted by atomic mass is 79.9. The first-order valence-corrected chi connectivity index (χ1v) is 8.49. The Kier molecular flexibility index (Phi) is 6.41. The van der Waals surface area contributed by atoms with Crippen molar-refractivity contribution in [3.63, 3.8) is 0 Å². The molecule has 0 aliphatic carbocycles. The average Bonchev–Trinajstić information content (AvgIpc) is 2.52. The Morgan fingerprint density at radius 3 is 2.57 bits per heavy atom. The third-order valence-electron chi connectivity index (χ3n) is 3.71. The number of aryl methyl sites for hydroxylation is 1. The van der Waals surface area contributed by atoms with E-state index in [4.69, 9.17) is 4.74 Å². The van der Waals surface area contributed by atoms with E-state index in [0.717, 1.165) is 15.7 Å². The van der Waals surface area contributed by atoms with Gasteiger partial charge in [-0.2, -0.15) is 0 Å². The van der Waals surface area contributed by atoms with Crippen LogP contribution in [0, 0.1) is 6.92 Å². The van der Waals surface area contributed by atoms with Gasteiger partial charge in [0.05, 0.1) is 13.2 Å². The van der Waals surface area contributed by atoms with Crippen molar-refractivity contribution in [2.24, 2.45) is 0 Å². The highest BCUT2D eigenvalue weighted by Crippen LogP contribution is 2.20. The molecule has 126 valence electrons. The Balaban J connectivity index is 1.78. The summed E-state index contributed by atoms with van der Waals surface area (Å²) in [5, 5.41) is 2.90. The summed E-state index contributed by atoms with van der Waals surface area (Å²) < 4.78 is 6.00. The number of hydrogen-bond acceptors (Lipinski definition) is 4. The van der Waals surface area contributed by atoms with E-state index in [1.165, 1.54) is 0 Å². The van der Waals surface area contributed by atoms with E-state index >= 15 is 0 Å². The molecule has 0 bridgehead atoms. The molecule has 1 aromatic rings. The summed E-state index contributed by atoms with van der Waals surface area (Å²) in [5.74, 6) is -0.0451. The fourth-order valence-corrected chi connectivity index (χ4v) is 2.68. The number of carbonyl (C=O) groups is 2. The summed E-state index contributed by atoms with van der Waals surface area (Å²) in [4.78, 5) is 27.5. The Hall–Kier alpha value is -1.60. The fraction of sp³-hybridized carbons (Fsp3) is 0.500. The number of rotatable bonds is 4. The van der Waals surface area contributed by atoms with Crippen LogP contribution >= 0.6 is 15.9 Å². The van der Waals surface area contributed by atoms with E-state index in [1.54, 1.807) is 11.8 Å². The van der Waals surface area contributed by atoms with Gasteiger partial charge >= 0.3 is 6.09 Å². The zero-order valence-electron chi connectivity index (χ0n) is 13.5. The first kappa shape index (κ1) is 17.7. The van der Waals surface area contributed by atoms with Gasteiger partial charge in [-0.15, -0.1) is 0 Å². The molecule has 0 unspecified atom stereocenters. The first-order chi connectivity index (χ1) is 11.0. The SMILES string of the molecule is CCOC(=O)N1CCN(CC(=O)Nc2ccc(Br)c(C)c2)CC1. The number of piperazine rings is 1. The number of hydrogen-bond donors (Lipinski definition) is 1. The number of amides is 2.